The number of nitrogens with one attached hydrogen (secondary N) is 2. The van der Waals surface area contributed by atoms with Crippen molar-refractivity contribution in [2.75, 3.05) is 6.54 Å². The van der Waals surface area contributed by atoms with E-state index >= 15 is 0 Å². The number of aromatic nitrogens is 3. The Morgan fingerprint density at radius 2 is 2.24 bits per heavy atom. The van der Waals surface area contributed by atoms with Crippen LogP contribution in [0.3, 0.4) is 0 Å². The summed E-state index contributed by atoms with van der Waals surface area (Å²) in [6, 6.07) is 6.24. The van der Waals surface area contributed by atoms with Crippen LogP contribution in [0.15, 0.2) is 37.5 Å². The van der Waals surface area contributed by atoms with Gasteiger partial charge in [0.05, 0.1) is 0 Å². The van der Waals surface area contributed by atoms with E-state index in [1.54, 1.807) is 4.57 Å². The zero-order chi connectivity index (χ0) is 15.2. The summed E-state index contributed by atoms with van der Waals surface area (Å²) in [5.41, 5.74) is 1.07. The number of benzene rings is 1. The van der Waals surface area contributed by atoms with Crippen molar-refractivity contribution in [3.63, 3.8) is 0 Å². The molecule has 1 heterocycles. The Bertz CT molecular complexity index is 653. The smallest absolute Gasteiger partial charge is 0.313 e. The van der Waals surface area contributed by atoms with Crippen LogP contribution in [0.5, 0.6) is 0 Å². The van der Waals surface area contributed by atoms with E-state index in [-0.39, 0.29) is 5.69 Å². The number of nitrogens with zero attached hydrogens (tertiary/aromatic N) is 2. The average Bonchev–Trinajstić information content (AvgIpc) is 2.81. The Balaban J connectivity index is 2.18. The van der Waals surface area contributed by atoms with Crippen LogP contribution in [0.1, 0.15) is 25.8 Å². The first kappa shape index (κ1) is 16.3. The van der Waals surface area contributed by atoms with Crippen LogP contribution >= 0.6 is 27.7 Å². The molecular weight excluding hydrogens is 352 g/mol. The Morgan fingerprint density at radius 3 is 2.90 bits per heavy atom. The Kier molecular flexibility index (Phi) is 6.08. The topological polar surface area (TPSA) is 62.7 Å². The lowest BCUT2D eigenvalue weighted by molar-refractivity contribution is 0.604. The third-order valence-electron chi connectivity index (χ3n) is 2.95. The summed E-state index contributed by atoms with van der Waals surface area (Å²) in [6.45, 7) is 6.60. The lowest BCUT2D eigenvalue weighted by atomic mass is 10.2. The number of hydrogen-bond acceptors (Lipinski definition) is 4. The fraction of sp³-hybridized carbons (Fsp3) is 0.429. The summed E-state index contributed by atoms with van der Waals surface area (Å²) in [5.74, 6) is 0. The highest BCUT2D eigenvalue weighted by atomic mass is 79.9. The Hall–Kier alpha value is -1.05. The van der Waals surface area contributed by atoms with Crippen molar-refractivity contribution in [1.29, 1.82) is 0 Å². The van der Waals surface area contributed by atoms with Crippen LogP contribution in [0, 0.1) is 0 Å². The van der Waals surface area contributed by atoms with Crippen LogP contribution < -0.4 is 11.0 Å². The lowest BCUT2D eigenvalue weighted by Crippen LogP contribution is -2.17. The van der Waals surface area contributed by atoms with Crippen molar-refractivity contribution in [1.82, 2.24) is 20.1 Å². The maximum Gasteiger partial charge on any atom is 0.343 e. The van der Waals surface area contributed by atoms with E-state index in [1.165, 1.54) is 17.3 Å². The summed E-state index contributed by atoms with van der Waals surface area (Å²) in [4.78, 5) is 12.7. The first-order chi connectivity index (χ1) is 10.2. The minimum atomic E-state index is -0.153. The van der Waals surface area contributed by atoms with Crippen LogP contribution in [-0.2, 0) is 13.1 Å². The van der Waals surface area contributed by atoms with Gasteiger partial charge in [0.1, 0.15) is 0 Å². The Morgan fingerprint density at radius 1 is 1.43 bits per heavy atom. The predicted molar refractivity (Wildman–Crippen MR) is 88.8 cm³/mol. The molecule has 0 amide bonds. The second-order valence-electron chi connectivity index (χ2n) is 4.61. The first-order valence-electron chi connectivity index (χ1n) is 6.97. The molecule has 2 N–H and O–H groups in total. The molecule has 0 atom stereocenters. The largest absolute Gasteiger partial charge is 0.343 e. The van der Waals surface area contributed by atoms with Gasteiger partial charge in [-0.1, -0.05) is 19.9 Å². The second kappa shape index (κ2) is 7.82. The van der Waals surface area contributed by atoms with Crippen molar-refractivity contribution in [3.8, 4) is 0 Å². The van der Waals surface area contributed by atoms with Gasteiger partial charge >= 0.3 is 5.69 Å². The standard InChI is InChI=1S/C14H19BrN4OS/c1-3-7-19-13(20)17-18-14(19)21-12-6-5-10(8-11(12)15)9-16-4-2/h5-6,8,16H,3-4,7,9H2,1-2H3,(H,17,20). The molecule has 5 nitrogen and oxygen atoms in total. The maximum absolute atomic E-state index is 11.7. The van der Waals surface area contributed by atoms with Gasteiger partial charge in [-0.15, -0.1) is 5.10 Å². The minimum absolute atomic E-state index is 0.153. The zero-order valence-electron chi connectivity index (χ0n) is 12.1. The Labute approximate surface area is 136 Å². The number of aromatic amines is 1. The zero-order valence-corrected chi connectivity index (χ0v) is 14.6. The van der Waals surface area contributed by atoms with E-state index in [0.717, 1.165) is 28.9 Å². The third-order valence-corrected chi connectivity index (χ3v) is 4.94. The van der Waals surface area contributed by atoms with Gasteiger partial charge in [-0.05, 0) is 58.4 Å². The average molecular weight is 371 g/mol. The van der Waals surface area contributed by atoms with Gasteiger partial charge in [0.2, 0.25) is 0 Å². The van der Waals surface area contributed by atoms with Gasteiger partial charge in [0, 0.05) is 22.5 Å². The molecule has 1 aromatic heterocycles. The number of rotatable bonds is 7. The summed E-state index contributed by atoms with van der Waals surface area (Å²) < 4.78 is 2.69. The maximum atomic E-state index is 11.7. The van der Waals surface area contributed by atoms with Crippen molar-refractivity contribution >= 4 is 27.7 Å². The van der Waals surface area contributed by atoms with Gasteiger partial charge in [0.15, 0.2) is 5.16 Å². The molecule has 0 aliphatic heterocycles. The van der Waals surface area contributed by atoms with E-state index in [4.69, 9.17) is 0 Å². The summed E-state index contributed by atoms with van der Waals surface area (Å²) in [6.07, 6.45) is 0.899. The van der Waals surface area contributed by atoms with Crippen molar-refractivity contribution in [2.24, 2.45) is 0 Å². The fourth-order valence-electron chi connectivity index (χ4n) is 1.91. The molecule has 0 saturated heterocycles. The van der Waals surface area contributed by atoms with Crippen molar-refractivity contribution < 1.29 is 0 Å². The molecular formula is C14H19BrN4OS. The number of hydrogen-bond donors (Lipinski definition) is 2. The van der Waals surface area contributed by atoms with Gasteiger partial charge in [-0.25, -0.2) is 9.89 Å². The fourth-order valence-corrected chi connectivity index (χ4v) is 3.44. The number of H-pyrrole nitrogens is 1. The molecule has 0 aliphatic rings. The van der Waals surface area contributed by atoms with Gasteiger partial charge in [-0.2, -0.15) is 0 Å². The minimum Gasteiger partial charge on any atom is -0.313 e. The van der Waals surface area contributed by atoms with E-state index < -0.39 is 0 Å². The van der Waals surface area contributed by atoms with E-state index in [0.29, 0.717) is 11.7 Å². The predicted octanol–water partition coefficient (Wildman–Crippen LogP) is 3.00. The second-order valence-corrected chi connectivity index (χ2v) is 6.47. The summed E-state index contributed by atoms with van der Waals surface area (Å²) in [5, 5.41) is 10.6. The highest BCUT2D eigenvalue weighted by Gasteiger charge is 2.11. The highest BCUT2D eigenvalue weighted by molar-refractivity contribution is 9.10. The molecule has 7 heteroatoms. The van der Waals surface area contributed by atoms with E-state index in [9.17, 15) is 4.79 Å². The van der Waals surface area contributed by atoms with Crippen molar-refractivity contribution in [3.05, 3.63) is 38.7 Å². The molecule has 1 aromatic carbocycles. The monoisotopic (exact) mass is 370 g/mol. The first-order valence-corrected chi connectivity index (χ1v) is 8.58. The normalized spacial score (nSPS) is 11.0. The number of halogens is 1. The molecule has 0 aliphatic carbocycles. The molecule has 21 heavy (non-hydrogen) atoms. The van der Waals surface area contributed by atoms with Crippen molar-refractivity contribution in [2.45, 2.75) is 43.4 Å². The van der Waals surface area contributed by atoms with E-state index in [2.05, 4.69) is 56.6 Å². The molecule has 0 radical (unpaired) electrons. The molecule has 0 fully saturated rings. The van der Waals surface area contributed by atoms with Gasteiger partial charge < -0.3 is 5.32 Å². The van der Waals surface area contributed by atoms with E-state index in [1.807, 2.05) is 6.92 Å². The van der Waals surface area contributed by atoms with Crippen LogP contribution in [0.25, 0.3) is 0 Å². The highest BCUT2D eigenvalue weighted by Crippen LogP contribution is 2.32. The molecule has 0 saturated carbocycles. The van der Waals surface area contributed by atoms with Gasteiger partial charge in [-0.3, -0.25) is 4.57 Å². The molecule has 2 aromatic rings. The molecule has 2 rings (SSSR count). The summed E-state index contributed by atoms with van der Waals surface area (Å²) >= 11 is 5.08. The summed E-state index contributed by atoms with van der Waals surface area (Å²) in [7, 11) is 0. The molecule has 0 spiro atoms. The quantitative estimate of drug-likeness (QED) is 0.786. The molecule has 0 bridgehead atoms. The lowest BCUT2D eigenvalue weighted by Gasteiger charge is -2.08. The SMILES string of the molecule is CCCn1c(Sc2ccc(CNCC)cc2Br)n[nH]c1=O. The van der Waals surface area contributed by atoms with Crippen LogP contribution in [0.2, 0.25) is 0 Å². The third kappa shape index (κ3) is 4.21. The molecule has 114 valence electrons. The molecule has 0 unspecified atom stereocenters. The van der Waals surface area contributed by atoms with Crippen LogP contribution in [-0.4, -0.2) is 21.3 Å². The van der Waals surface area contributed by atoms with Crippen LogP contribution in [0.4, 0.5) is 0 Å². The van der Waals surface area contributed by atoms with Gasteiger partial charge in [0.25, 0.3) is 0 Å².